The molecule has 3 atom stereocenters. The molecule has 0 spiro atoms. The summed E-state index contributed by atoms with van der Waals surface area (Å²) in [7, 11) is 0. The molecule has 1 aromatic carbocycles. The monoisotopic (exact) mass is 396 g/mol. The van der Waals surface area contributed by atoms with E-state index >= 15 is 0 Å². The third-order valence-electron chi connectivity index (χ3n) is 5.41. The van der Waals surface area contributed by atoms with E-state index in [1.54, 1.807) is 17.9 Å². The van der Waals surface area contributed by atoms with E-state index in [1.807, 2.05) is 0 Å². The van der Waals surface area contributed by atoms with E-state index < -0.39 is 24.7 Å². The van der Waals surface area contributed by atoms with E-state index in [-0.39, 0.29) is 23.3 Å². The molecule has 6 nitrogen and oxygen atoms in total. The Hall–Kier alpha value is -2.22. The first kappa shape index (κ1) is 20.5. The summed E-state index contributed by atoms with van der Waals surface area (Å²) in [6.45, 7) is -0.324. The van der Waals surface area contributed by atoms with Crippen LogP contribution < -0.4 is 4.74 Å². The summed E-state index contributed by atoms with van der Waals surface area (Å²) in [5.41, 5.74) is 0.0319. The van der Waals surface area contributed by atoms with Gasteiger partial charge in [0, 0.05) is 19.1 Å². The Kier molecular flexibility index (Phi) is 6.49. The lowest BCUT2D eigenvalue weighted by Crippen LogP contribution is -2.49. The first-order valence-electron chi connectivity index (χ1n) is 9.72. The maximum absolute atomic E-state index is 13.1. The van der Waals surface area contributed by atoms with Gasteiger partial charge in [-0.15, -0.1) is 0 Å². The van der Waals surface area contributed by atoms with Gasteiger partial charge in [-0.3, -0.25) is 9.59 Å². The fourth-order valence-electron chi connectivity index (χ4n) is 4.22. The second-order valence-corrected chi connectivity index (χ2v) is 7.44. The zero-order valence-electron chi connectivity index (χ0n) is 15.9. The van der Waals surface area contributed by atoms with Crippen molar-refractivity contribution in [3.63, 3.8) is 0 Å². The van der Waals surface area contributed by atoms with Crippen LogP contribution in [0.15, 0.2) is 24.3 Å². The highest BCUT2D eigenvalue weighted by Crippen LogP contribution is 2.30. The number of para-hydroxylation sites is 1. The molecule has 2 amide bonds. The lowest BCUT2D eigenvalue weighted by Gasteiger charge is -2.32. The van der Waals surface area contributed by atoms with Crippen LogP contribution in [0.3, 0.4) is 0 Å². The number of amides is 2. The highest BCUT2D eigenvalue weighted by molar-refractivity contribution is 6.00. The lowest BCUT2D eigenvalue weighted by molar-refractivity contribution is -0.136. The van der Waals surface area contributed by atoms with Gasteiger partial charge >= 0.3 is 6.61 Å². The summed E-state index contributed by atoms with van der Waals surface area (Å²) in [5, 5.41) is 9.69. The molecule has 28 heavy (non-hydrogen) atoms. The maximum Gasteiger partial charge on any atom is 0.387 e. The number of carbonyl (C=O) groups excluding carboxylic acids is 2. The van der Waals surface area contributed by atoms with Crippen LogP contribution in [0.25, 0.3) is 0 Å². The number of carbonyl (C=O) groups is 2. The third-order valence-corrected chi connectivity index (χ3v) is 5.41. The van der Waals surface area contributed by atoms with Crippen LogP contribution in [0, 0.1) is 0 Å². The largest absolute Gasteiger partial charge is 0.434 e. The maximum atomic E-state index is 13.1. The van der Waals surface area contributed by atoms with Crippen molar-refractivity contribution in [3.8, 4) is 5.75 Å². The second-order valence-electron chi connectivity index (χ2n) is 7.44. The number of ether oxygens (including phenoxy) is 1. The summed E-state index contributed by atoms with van der Waals surface area (Å²) in [5.74, 6) is -0.784. The third kappa shape index (κ3) is 4.43. The second kappa shape index (κ2) is 8.86. The molecule has 0 bridgehead atoms. The van der Waals surface area contributed by atoms with Gasteiger partial charge in [-0.2, -0.15) is 8.78 Å². The molecule has 2 heterocycles. The number of aliphatic hydroxyl groups is 1. The molecule has 2 fully saturated rings. The van der Waals surface area contributed by atoms with Gasteiger partial charge in [0.05, 0.1) is 11.7 Å². The Morgan fingerprint density at radius 3 is 2.57 bits per heavy atom. The van der Waals surface area contributed by atoms with Crippen LogP contribution in [0.1, 0.15) is 49.4 Å². The first-order chi connectivity index (χ1) is 13.4. The van der Waals surface area contributed by atoms with Gasteiger partial charge in [-0.1, -0.05) is 12.1 Å². The van der Waals surface area contributed by atoms with Gasteiger partial charge in [-0.25, -0.2) is 0 Å². The molecule has 0 saturated carbocycles. The number of rotatable bonds is 6. The molecule has 1 aromatic rings. The summed E-state index contributed by atoms with van der Waals surface area (Å²) in [4.78, 5) is 29.4. The zero-order chi connectivity index (χ0) is 20.3. The Morgan fingerprint density at radius 1 is 1.18 bits per heavy atom. The molecule has 3 unspecified atom stereocenters. The minimum Gasteiger partial charge on any atom is -0.434 e. The number of hydrogen-bond donors (Lipinski definition) is 1. The zero-order valence-corrected chi connectivity index (χ0v) is 15.9. The SMILES string of the molecule is CC(O)CC1CCCN1C(=O)C1CCCN1C(=O)c1ccccc1OC(F)F. The summed E-state index contributed by atoms with van der Waals surface area (Å²) in [6, 6.07) is 5.22. The topological polar surface area (TPSA) is 70.1 Å². The van der Waals surface area contributed by atoms with Crippen molar-refractivity contribution in [1.29, 1.82) is 0 Å². The normalized spacial score (nSPS) is 23.3. The van der Waals surface area contributed by atoms with Crippen LogP contribution in [0.2, 0.25) is 0 Å². The van der Waals surface area contributed by atoms with Crippen LogP contribution in [0.5, 0.6) is 5.75 Å². The molecule has 1 N–H and O–H groups in total. The van der Waals surface area contributed by atoms with Crippen molar-refractivity contribution in [2.24, 2.45) is 0 Å². The van der Waals surface area contributed by atoms with Gasteiger partial charge < -0.3 is 19.6 Å². The first-order valence-corrected chi connectivity index (χ1v) is 9.72. The fraction of sp³-hybridized carbons (Fsp3) is 0.600. The van der Waals surface area contributed by atoms with Crippen LogP contribution >= 0.6 is 0 Å². The predicted octanol–water partition coefficient (Wildman–Crippen LogP) is 2.65. The number of hydrogen-bond acceptors (Lipinski definition) is 4. The molecule has 2 aliphatic heterocycles. The fourth-order valence-corrected chi connectivity index (χ4v) is 4.22. The summed E-state index contributed by atoms with van der Waals surface area (Å²) >= 11 is 0. The highest BCUT2D eigenvalue weighted by Gasteiger charge is 2.40. The Morgan fingerprint density at radius 2 is 1.86 bits per heavy atom. The Balaban J connectivity index is 1.78. The van der Waals surface area contributed by atoms with Crippen molar-refractivity contribution >= 4 is 11.8 Å². The number of nitrogens with zero attached hydrogens (tertiary/aromatic N) is 2. The van der Waals surface area contributed by atoms with Gasteiger partial charge in [-0.05, 0) is 51.2 Å². The van der Waals surface area contributed by atoms with Gasteiger partial charge in [0.15, 0.2) is 0 Å². The van der Waals surface area contributed by atoms with Gasteiger partial charge in [0.25, 0.3) is 5.91 Å². The average Bonchev–Trinajstić information content (AvgIpc) is 3.29. The summed E-state index contributed by atoms with van der Waals surface area (Å²) in [6.07, 6.45) is 2.93. The van der Waals surface area contributed by atoms with Crippen LogP contribution in [-0.4, -0.2) is 64.6 Å². The predicted molar refractivity (Wildman–Crippen MR) is 98.2 cm³/mol. The molecule has 0 radical (unpaired) electrons. The van der Waals surface area contributed by atoms with Crippen molar-refractivity contribution in [1.82, 2.24) is 9.80 Å². The molecular formula is C20H26F2N2O4. The van der Waals surface area contributed by atoms with Crippen molar-refractivity contribution in [3.05, 3.63) is 29.8 Å². The van der Waals surface area contributed by atoms with E-state index in [0.29, 0.717) is 32.4 Å². The van der Waals surface area contributed by atoms with Gasteiger partial charge in [0.2, 0.25) is 5.91 Å². The number of benzene rings is 1. The standard InChI is InChI=1S/C20H26F2N2O4/c1-13(25)12-14-6-4-10-23(14)19(27)16-8-5-11-24(16)18(26)15-7-2-3-9-17(15)28-20(21)22/h2-3,7,9,13-14,16,20,25H,4-6,8,10-12H2,1H3. The van der Waals surface area contributed by atoms with Crippen molar-refractivity contribution in [2.45, 2.75) is 63.8 Å². The van der Waals surface area contributed by atoms with Crippen LogP contribution in [0.4, 0.5) is 8.78 Å². The highest BCUT2D eigenvalue weighted by atomic mass is 19.3. The smallest absolute Gasteiger partial charge is 0.387 e. The molecule has 2 aliphatic rings. The van der Waals surface area contributed by atoms with Gasteiger partial charge in [0.1, 0.15) is 11.8 Å². The van der Waals surface area contributed by atoms with E-state index in [2.05, 4.69) is 4.74 Å². The Bertz CT molecular complexity index is 713. The minimum absolute atomic E-state index is 0.0282. The minimum atomic E-state index is -3.03. The average molecular weight is 396 g/mol. The number of likely N-dealkylation sites (tertiary alicyclic amines) is 2. The van der Waals surface area contributed by atoms with E-state index in [4.69, 9.17) is 0 Å². The molecule has 0 aliphatic carbocycles. The number of alkyl halides is 2. The van der Waals surface area contributed by atoms with Crippen LogP contribution in [-0.2, 0) is 4.79 Å². The molecule has 0 aromatic heterocycles. The molecule has 154 valence electrons. The van der Waals surface area contributed by atoms with E-state index in [1.165, 1.54) is 23.1 Å². The molecule has 2 saturated heterocycles. The molecular weight excluding hydrogens is 370 g/mol. The molecule has 8 heteroatoms. The quantitative estimate of drug-likeness (QED) is 0.803. The lowest BCUT2D eigenvalue weighted by atomic mass is 10.1. The number of halogens is 2. The Labute approximate surface area is 163 Å². The summed E-state index contributed by atoms with van der Waals surface area (Å²) < 4.78 is 29.8. The van der Waals surface area contributed by atoms with Crippen molar-refractivity contribution < 1.29 is 28.2 Å². The van der Waals surface area contributed by atoms with E-state index in [0.717, 1.165) is 12.8 Å². The van der Waals surface area contributed by atoms with E-state index in [9.17, 15) is 23.5 Å². The molecule has 3 rings (SSSR count). The number of aliphatic hydroxyl groups excluding tert-OH is 1. The van der Waals surface area contributed by atoms with Crippen molar-refractivity contribution in [2.75, 3.05) is 13.1 Å².